The molecule has 0 radical (unpaired) electrons. The Morgan fingerprint density at radius 3 is 2.50 bits per heavy atom. The molecule has 2 aromatic carbocycles. The molecule has 0 saturated heterocycles. The van der Waals surface area contributed by atoms with Crippen LogP contribution in [-0.2, 0) is 6.42 Å². The van der Waals surface area contributed by atoms with Crippen LogP contribution in [0.25, 0.3) is 0 Å². The number of nitrogens with two attached hydrogens (primary N) is 1. The van der Waals surface area contributed by atoms with Crippen molar-refractivity contribution in [3.8, 4) is 5.75 Å². The van der Waals surface area contributed by atoms with E-state index in [1.165, 1.54) is 18.2 Å². The fourth-order valence-electron chi connectivity index (χ4n) is 2.15. The molecule has 0 heterocycles. The normalized spacial score (nSPS) is 12.1. The van der Waals surface area contributed by atoms with Crippen molar-refractivity contribution >= 4 is 11.6 Å². The van der Waals surface area contributed by atoms with E-state index in [0.29, 0.717) is 13.0 Å². The van der Waals surface area contributed by atoms with Crippen LogP contribution in [0.5, 0.6) is 5.75 Å². The van der Waals surface area contributed by atoms with Crippen LogP contribution in [-0.4, -0.2) is 18.9 Å². The fourth-order valence-corrected chi connectivity index (χ4v) is 2.15. The van der Waals surface area contributed by atoms with E-state index in [1.807, 2.05) is 31.2 Å². The lowest BCUT2D eigenvalue weighted by atomic mass is 10.1. The van der Waals surface area contributed by atoms with Gasteiger partial charge in [0.2, 0.25) is 0 Å². The van der Waals surface area contributed by atoms with Gasteiger partial charge in [-0.05, 0) is 36.6 Å². The Kier molecular flexibility index (Phi) is 5.68. The highest BCUT2D eigenvalue weighted by Crippen LogP contribution is 2.29. The lowest BCUT2D eigenvalue weighted by Gasteiger charge is -2.14. The quantitative estimate of drug-likeness (QED) is 0.643. The number of anilines is 1. The van der Waals surface area contributed by atoms with E-state index in [4.69, 9.17) is 5.73 Å². The number of rotatable bonds is 5. The molecule has 2 aromatic rings. The summed E-state index contributed by atoms with van der Waals surface area (Å²) in [5.74, 6) is -0.330. The minimum Gasteiger partial charge on any atom is -0.404 e. The van der Waals surface area contributed by atoms with Crippen molar-refractivity contribution in [3.05, 3.63) is 59.7 Å². The third-order valence-corrected chi connectivity index (χ3v) is 3.30. The number of halogens is 3. The molecular weight excluding hydrogens is 319 g/mol. The summed E-state index contributed by atoms with van der Waals surface area (Å²) < 4.78 is 41.1. The minimum absolute atomic E-state index is 0.0295. The van der Waals surface area contributed by atoms with Gasteiger partial charge in [-0.15, -0.1) is 13.2 Å². The Hall–Kier alpha value is -2.70. The zero-order valence-corrected chi connectivity index (χ0v) is 13.1. The Balaban J connectivity index is 1.99. The van der Waals surface area contributed by atoms with Crippen molar-refractivity contribution in [1.82, 2.24) is 0 Å². The molecule has 0 bridgehead atoms. The lowest BCUT2D eigenvalue weighted by Crippen LogP contribution is -2.24. The smallest absolute Gasteiger partial charge is 0.404 e. The Morgan fingerprint density at radius 2 is 1.79 bits per heavy atom. The highest BCUT2D eigenvalue weighted by atomic mass is 19.4. The Labute approximate surface area is 138 Å². The van der Waals surface area contributed by atoms with Crippen LogP contribution in [0.4, 0.5) is 18.9 Å². The first-order chi connectivity index (χ1) is 11.3. The number of alkyl halides is 3. The first-order valence-electron chi connectivity index (χ1n) is 7.31. The van der Waals surface area contributed by atoms with Crippen molar-refractivity contribution in [3.63, 3.8) is 0 Å². The average Bonchev–Trinajstić information content (AvgIpc) is 2.50. The highest BCUT2D eigenvalue weighted by Gasteiger charge is 2.32. The zero-order valence-electron chi connectivity index (χ0n) is 13.1. The Bertz CT molecular complexity index is 714. The largest absolute Gasteiger partial charge is 0.573 e. The monoisotopic (exact) mass is 337 g/mol. The maximum atomic E-state index is 12.4. The predicted molar refractivity (Wildman–Crippen MR) is 88.1 cm³/mol. The molecule has 0 unspecified atom stereocenters. The van der Waals surface area contributed by atoms with E-state index in [9.17, 15) is 13.2 Å². The van der Waals surface area contributed by atoms with Gasteiger partial charge in [0.1, 0.15) is 0 Å². The van der Waals surface area contributed by atoms with E-state index in [1.54, 1.807) is 6.07 Å². The summed E-state index contributed by atoms with van der Waals surface area (Å²) in [6.45, 7) is 2.43. The number of nitrogens with zero attached hydrogens (tertiary/aromatic N) is 1. The minimum atomic E-state index is -4.77. The van der Waals surface area contributed by atoms with Crippen LogP contribution in [0.3, 0.4) is 0 Å². The second-order valence-corrected chi connectivity index (χ2v) is 5.11. The number of hydrogen-bond donors (Lipinski definition) is 2. The number of hydrogen-bond acceptors (Lipinski definition) is 2. The molecule has 2 rings (SSSR count). The summed E-state index contributed by atoms with van der Waals surface area (Å²) >= 11 is 0. The van der Waals surface area contributed by atoms with Gasteiger partial charge < -0.3 is 15.8 Å². The SMILES string of the molecule is Cc1ccccc1CCN=C(N)Nc1ccccc1OC(F)(F)F. The van der Waals surface area contributed by atoms with Gasteiger partial charge in [0.25, 0.3) is 0 Å². The van der Waals surface area contributed by atoms with Crippen LogP contribution in [0.2, 0.25) is 0 Å². The van der Waals surface area contributed by atoms with E-state index >= 15 is 0 Å². The van der Waals surface area contributed by atoms with E-state index in [0.717, 1.165) is 11.1 Å². The molecule has 0 atom stereocenters. The number of guanidine groups is 1. The van der Waals surface area contributed by atoms with Gasteiger partial charge >= 0.3 is 6.36 Å². The van der Waals surface area contributed by atoms with Crippen molar-refractivity contribution in [2.75, 3.05) is 11.9 Å². The molecule has 0 aliphatic heterocycles. The molecule has 4 nitrogen and oxygen atoms in total. The van der Waals surface area contributed by atoms with Crippen molar-refractivity contribution in [1.29, 1.82) is 0 Å². The molecule has 0 aromatic heterocycles. The molecule has 7 heteroatoms. The number of benzene rings is 2. The molecule has 0 fully saturated rings. The standard InChI is InChI=1S/C17H18F3N3O/c1-12-6-2-3-7-13(12)10-11-22-16(21)23-14-8-4-5-9-15(14)24-17(18,19)20/h2-9H,10-11H2,1H3,(H3,21,22,23). The molecule has 0 aliphatic carbocycles. The predicted octanol–water partition coefficient (Wildman–Crippen LogP) is 3.86. The van der Waals surface area contributed by atoms with Crippen LogP contribution in [0, 0.1) is 6.92 Å². The number of aliphatic imine (C=N–C) groups is 1. The maximum Gasteiger partial charge on any atom is 0.573 e. The van der Waals surface area contributed by atoms with Crippen molar-refractivity contribution in [2.24, 2.45) is 10.7 Å². The van der Waals surface area contributed by atoms with Crippen LogP contribution in [0.15, 0.2) is 53.5 Å². The second kappa shape index (κ2) is 7.72. The summed E-state index contributed by atoms with van der Waals surface area (Å²) in [5, 5.41) is 2.64. The number of aryl methyl sites for hydroxylation is 1. The summed E-state index contributed by atoms with van der Waals surface area (Å²) in [4.78, 5) is 4.14. The molecule has 0 saturated carbocycles. The van der Waals surface area contributed by atoms with Gasteiger partial charge in [0.05, 0.1) is 5.69 Å². The fraction of sp³-hybridized carbons (Fsp3) is 0.235. The van der Waals surface area contributed by atoms with Gasteiger partial charge in [-0.25, -0.2) is 0 Å². The third-order valence-electron chi connectivity index (χ3n) is 3.30. The first kappa shape index (κ1) is 17.7. The summed E-state index contributed by atoms with van der Waals surface area (Å²) in [6.07, 6.45) is -4.08. The number of para-hydroxylation sites is 2. The highest BCUT2D eigenvalue weighted by molar-refractivity contribution is 5.93. The first-order valence-corrected chi connectivity index (χ1v) is 7.31. The molecule has 24 heavy (non-hydrogen) atoms. The van der Waals surface area contributed by atoms with Gasteiger partial charge in [0.15, 0.2) is 11.7 Å². The van der Waals surface area contributed by atoms with Crippen molar-refractivity contribution < 1.29 is 17.9 Å². The summed E-state index contributed by atoms with van der Waals surface area (Å²) in [7, 11) is 0. The number of nitrogens with one attached hydrogen (secondary N) is 1. The average molecular weight is 337 g/mol. The summed E-state index contributed by atoms with van der Waals surface area (Å²) in [5.41, 5.74) is 8.15. The maximum absolute atomic E-state index is 12.4. The lowest BCUT2D eigenvalue weighted by molar-refractivity contribution is -0.274. The molecule has 0 aliphatic rings. The van der Waals surface area contributed by atoms with Crippen molar-refractivity contribution in [2.45, 2.75) is 19.7 Å². The van der Waals surface area contributed by atoms with Crippen LogP contribution in [0.1, 0.15) is 11.1 Å². The van der Waals surface area contributed by atoms with Crippen LogP contribution < -0.4 is 15.8 Å². The van der Waals surface area contributed by atoms with E-state index < -0.39 is 6.36 Å². The van der Waals surface area contributed by atoms with E-state index in [2.05, 4.69) is 15.0 Å². The zero-order chi connectivity index (χ0) is 17.6. The van der Waals surface area contributed by atoms with E-state index in [-0.39, 0.29) is 17.4 Å². The number of ether oxygens (including phenoxy) is 1. The van der Waals surface area contributed by atoms with Gasteiger partial charge in [-0.1, -0.05) is 36.4 Å². The topological polar surface area (TPSA) is 59.6 Å². The third kappa shape index (κ3) is 5.49. The molecule has 0 amide bonds. The van der Waals surface area contributed by atoms with Gasteiger partial charge in [-0.3, -0.25) is 4.99 Å². The molecule has 0 spiro atoms. The van der Waals surface area contributed by atoms with Gasteiger partial charge in [0, 0.05) is 6.54 Å². The Morgan fingerprint density at radius 1 is 1.12 bits per heavy atom. The molecule has 3 N–H and O–H groups in total. The molecule has 128 valence electrons. The van der Waals surface area contributed by atoms with Gasteiger partial charge in [-0.2, -0.15) is 0 Å². The second-order valence-electron chi connectivity index (χ2n) is 5.11. The molecular formula is C17H18F3N3O. The van der Waals surface area contributed by atoms with Crippen LogP contribution >= 0.6 is 0 Å². The summed E-state index contributed by atoms with van der Waals surface area (Å²) in [6, 6.07) is 13.6.